The fraction of sp³-hybridized carbons (Fsp3) is 0.462. The van der Waals surface area contributed by atoms with Crippen molar-refractivity contribution >= 4 is 44.8 Å². The second kappa shape index (κ2) is 8.01. The molecule has 1 rings (SSSR count). The van der Waals surface area contributed by atoms with Gasteiger partial charge in [-0.3, -0.25) is 9.10 Å². The molecule has 0 aromatic heterocycles. The lowest BCUT2D eigenvalue weighted by atomic mass is 10.2. The highest BCUT2D eigenvalue weighted by molar-refractivity contribution is 7.92. The molecule has 0 aliphatic carbocycles. The van der Waals surface area contributed by atoms with Gasteiger partial charge in [-0.05, 0) is 25.1 Å². The highest BCUT2D eigenvalue weighted by Gasteiger charge is 2.30. The zero-order chi connectivity index (χ0) is 16.9. The molecule has 1 aromatic carbocycles. The fourth-order valence-electron chi connectivity index (χ4n) is 1.86. The summed E-state index contributed by atoms with van der Waals surface area (Å²) in [6.45, 7) is 2.08. The van der Waals surface area contributed by atoms with Gasteiger partial charge in [-0.25, -0.2) is 8.42 Å². The molecule has 1 N–H and O–H groups in total. The maximum atomic E-state index is 12.1. The molecule has 0 bridgehead atoms. The van der Waals surface area contributed by atoms with Gasteiger partial charge in [-0.15, -0.1) is 0 Å². The van der Waals surface area contributed by atoms with E-state index in [1.54, 1.807) is 0 Å². The number of carbonyl (C=O) groups excluding carboxylic acids is 1. The van der Waals surface area contributed by atoms with Gasteiger partial charge in [0.15, 0.2) is 0 Å². The third-order valence-corrected chi connectivity index (χ3v) is 4.62. The summed E-state index contributed by atoms with van der Waals surface area (Å²) in [6, 6.07) is 3.44. The van der Waals surface area contributed by atoms with E-state index < -0.39 is 22.0 Å². The smallest absolute Gasteiger partial charge is 0.243 e. The highest BCUT2D eigenvalue weighted by atomic mass is 35.5. The second-order valence-corrected chi connectivity index (χ2v) is 7.32. The standard InChI is InChI=1S/C13H18Cl2N2O4S/c1-9(13(18)16-6-7-21-2)17(22(3,19)20)12-8-10(14)4-5-11(12)15/h4-5,8-9H,6-7H2,1-3H3,(H,16,18)/t9-/m0/s1. The molecule has 22 heavy (non-hydrogen) atoms. The molecule has 0 spiro atoms. The fourth-order valence-corrected chi connectivity index (χ4v) is 3.46. The average molecular weight is 369 g/mol. The van der Waals surface area contributed by atoms with Gasteiger partial charge < -0.3 is 10.1 Å². The molecule has 0 aliphatic rings. The van der Waals surface area contributed by atoms with Crippen LogP contribution in [0, 0.1) is 0 Å². The van der Waals surface area contributed by atoms with E-state index in [-0.39, 0.29) is 17.3 Å². The van der Waals surface area contributed by atoms with Crippen LogP contribution in [0.15, 0.2) is 18.2 Å². The monoisotopic (exact) mass is 368 g/mol. The molecule has 1 amide bonds. The van der Waals surface area contributed by atoms with Crippen LogP contribution in [0.4, 0.5) is 5.69 Å². The van der Waals surface area contributed by atoms with Crippen LogP contribution >= 0.6 is 23.2 Å². The number of nitrogens with zero attached hydrogens (tertiary/aromatic N) is 1. The number of anilines is 1. The van der Waals surface area contributed by atoms with Gasteiger partial charge in [0.2, 0.25) is 15.9 Å². The SMILES string of the molecule is COCCNC(=O)[C@H](C)N(c1cc(Cl)ccc1Cl)S(C)(=O)=O. The summed E-state index contributed by atoms with van der Waals surface area (Å²) in [5.74, 6) is -0.460. The molecule has 0 saturated heterocycles. The Labute approximate surface area is 140 Å². The number of methoxy groups -OCH3 is 1. The summed E-state index contributed by atoms with van der Waals surface area (Å²) in [4.78, 5) is 12.1. The molecule has 1 atom stereocenters. The normalized spacial score (nSPS) is 12.8. The first kappa shape index (κ1) is 19.0. The van der Waals surface area contributed by atoms with E-state index in [9.17, 15) is 13.2 Å². The van der Waals surface area contributed by atoms with Crippen LogP contribution in [0.25, 0.3) is 0 Å². The molecule has 0 radical (unpaired) electrons. The first-order valence-electron chi connectivity index (χ1n) is 6.39. The maximum absolute atomic E-state index is 12.1. The van der Waals surface area contributed by atoms with E-state index in [0.29, 0.717) is 11.6 Å². The van der Waals surface area contributed by atoms with Gasteiger partial charge in [0.1, 0.15) is 6.04 Å². The number of ether oxygens (including phenoxy) is 1. The Morgan fingerprint density at radius 3 is 2.59 bits per heavy atom. The lowest BCUT2D eigenvalue weighted by Crippen LogP contribution is -2.48. The number of benzene rings is 1. The molecule has 1 aromatic rings. The summed E-state index contributed by atoms with van der Waals surface area (Å²) in [6.07, 6.45) is 1.00. The molecule has 9 heteroatoms. The summed E-state index contributed by atoms with van der Waals surface area (Å²) >= 11 is 12.0. The molecule has 0 unspecified atom stereocenters. The van der Waals surface area contributed by atoms with E-state index in [1.807, 2.05) is 0 Å². The Bertz CT molecular complexity index is 637. The molecule has 0 heterocycles. The van der Waals surface area contributed by atoms with E-state index in [4.69, 9.17) is 27.9 Å². The maximum Gasteiger partial charge on any atom is 0.243 e. The number of amides is 1. The minimum Gasteiger partial charge on any atom is -0.383 e. The quantitative estimate of drug-likeness (QED) is 0.745. The molecule has 6 nitrogen and oxygen atoms in total. The van der Waals surface area contributed by atoms with Crippen molar-refractivity contribution in [3.05, 3.63) is 28.2 Å². The number of hydrogen-bond acceptors (Lipinski definition) is 4. The van der Waals surface area contributed by atoms with Crippen LogP contribution in [-0.4, -0.2) is 46.9 Å². The molecule has 0 aliphatic heterocycles. The van der Waals surface area contributed by atoms with Gasteiger partial charge in [0, 0.05) is 18.7 Å². The minimum atomic E-state index is -3.73. The van der Waals surface area contributed by atoms with Crippen molar-refractivity contribution in [1.29, 1.82) is 0 Å². The minimum absolute atomic E-state index is 0.158. The van der Waals surface area contributed by atoms with Crippen molar-refractivity contribution < 1.29 is 17.9 Å². The van der Waals surface area contributed by atoms with Gasteiger partial charge in [-0.1, -0.05) is 23.2 Å². The van der Waals surface area contributed by atoms with Crippen molar-refractivity contribution in [3.8, 4) is 0 Å². The van der Waals surface area contributed by atoms with Crippen LogP contribution in [0.2, 0.25) is 10.0 Å². The lowest BCUT2D eigenvalue weighted by molar-refractivity contribution is -0.122. The van der Waals surface area contributed by atoms with Crippen LogP contribution in [-0.2, 0) is 19.6 Å². The summed E-state index contributed by atoms with van der Waals surface area (Å²) in [5, 5.41) is 3.10. The van der Waals surface area contributed by atoms with Gasteiger partial charge in [0.25, 0.3) is 0 Å². The number of nitrogens with one attached hydrogen (secondary N) is 1. The van der Waals surface area contributed by atoms with Crippen LogP contribution < -0.4 is 9.62 Å². The first-order chi connectivity index (χ1) is 10.2. The van der Waals surface area contributed by atoms with Crippen molar-refractivity contribution in [1.82, 2.24) is 5.32 Å². The third kappa shape index (κ3) is 5.01. The highest BCUT2D eigenvalue weighted by Crippen LogP contribution is 2.32. The van der Waals surface area contributed by atoms with Crippen molar-refractivity contribution in [2.24, 2.45) is 0 Å². The molecular weight excluding hydrogens is 351 g/mol. The Balaban J connectivity index is 3.14. The Hall–Kier alpha value is -1.02. The van der Waals surface area contributed by atoms with E-state index in [0.717, 1.165) is 10.6 Å². The van der Waals surface area contributed by atoms with Crippen LogP contribution in [0.1, 0.15) is 6.92 Å². The lowest BCUT2D eigenvalue weighted by Gasteiger charge is -2.29. The zero-order valence-electron chi connectivity index (χ0n) is 12.5. The average Bonchev–Trinajstić information content (AvgIpc) is 2.41. The van der Waals surface area contributed by atoms with Gasteiger partial charge >= 0.3 is 0 Å². The van der Waals surface area contributed by atoms with Crippen molar-refractivity contribution in [2.45, 2.75) is 13.0 Å². The summed E-state index contributed by atoms with van der Waals surface area (Å²) < 4.78 is 30.0. The molecule has 0 saturated carbocycles. The van der Waals surface area contributed by atoms with E-state index in [1.165, 1.54) is 32.2 Å². The molecule has 0 fully saturated rings. The Morgan fingerprint density at radius 2 is 2.05 bits per heavy atom. The van der Waals surface area contributed by atoms with Crippen LogP contribution in [0.3, 0.4) is 0 Å². The number of sulfonamides is 1. The number of rotatable bonds is 7. The number of halogens is 2. The zero-order valence-corrected chi connectivity index (χ0v) is 14.8. The molecular formula is C13H18Cl2N2O4S. The second-order valence-electron chi connectivity index (χ2n) is 4.61. The third-order valence-electron chi connectivity index (χ3n) is 2.84. The van der Waals surface area contributed by atoms with Crippen molar-refractivity contribution in [2.75, 3.05) is 30.8 Å². The predicted molar refractivity (Wildman–Crippen MR) is 88.1 cm³/mol. The van der Waals surface area contributed by atoms with E-state index in [2.05, 4.69) is 5.32 Å². The first-order valence-corrected chi connectivity index (χ1v) is 9.00. The molecule has 124 valence electrons. The predicted octanol–water partition coefficient (Wildman–Crippen LogP) is 1.91. The summed E-state index contributed by atoms with van der Waals surface area (Å²) in [7, 11) is -2.23. The Kier molecular flexibility index (Phi) is 6.93. The number of carbonyl (C=O) groups is 1. The van der Waals surface area contributed by atoms with Crippen LogP contribution in [0.5, 0.6) is 0 Å². The summed E-state index contributed by atoms with van der Waals surface area (Å²) in [5.41, 5.74) is 0.158. The van der Waals surface area contributed by atoms with Crippen molar-refractivity contribution in [3.63, 3.8) is 0 Å². The number of hydrogen-bond donors (Lipinski definition) is 1. The Morgan fingerprint density at radius 1 is 1.41 bits per heavy atom. The van der Waals surface area contributed by atoms with E-state index >= 15 is 0 Å². The largest absolute Gasteiger partial charge is 0.383 e. The topological polar surface area (TPSA) is 75.7 Å². The van der Waals surface area contributed by atoms with Gasteiger partial charge in [0.05, 0.1) is 23.6 Å². The van der Waals surface area contributed by atoms with Gasteiger partial charge in [-0.2, -0.15) is 0 Å².